The van der Waals surface area contributed by atoms with Crippen molar-refractivity contribution in [2.45, 2.75) is 38.3 Å². The van der Waals surface area contributed by atoms with Crippen LogP contribution in [0.3, 0.4) is 0 Å². The first-order valence-electron chi connectivity index (χ1n) is 7.23. The summed E-state index contributed by atoms with van der Waals surface area (Å²) in [5, 5.41) is 14.5. The molecule has 19 heavy (non-hydrogen) atoms. The van der Waals surface area contributed by atoms with E-state index in [1.54, 1.807) is 0 Å². The number of hydrogen-bond donors (Lipinski definition) is 2. The number of hydrogen-bond acceptors (Lipinski definition) is 2. The zero-order chi connectivity index (χ0) is 13.2. The molecule has 3 heteroatoms. The molecule has 2 N–H and O–H groups in total. The maximum absolute atomic E-state index is 10.1. The lowest BCUT2D eigenvalue weighted by Crippen LogP contribution is -2.28. The van der Waals surface area contributed by atoms with E-state index in [1.807, 2.05) is 7.05 Å². The summed E-state index contributed by atoms with van der Waals surface area (Å²) in [7, 11) is 1.88. The van der Waals surface area contributed by atoms with E-state index in [-0.39, 0.29) is 6.10 Å². The Hall–Kier alpha value is -1.32. The molecule has 1 atom stereocenters. The van der Waals surface area contributed by atoms with Gasteiger partial charge in [-0.1, -0.05) is 18.2 Å². The van der Waals surface area contributed by atoms with Crippen molar-refractivity contribution in [1.82, 2.24) is 9.88 Å². The Balaban J connectivity index is 2.06. The molecule has 0 radical (unpaired) electrons. The van der Waals surface area contributed by atoms with Crippen LogP contribution in [0.15, 0.2) is 24.3 Å². The zero-order valence-electron chi connectivity index (χ0n) is 11.5. The maximum Gasteiger partial charge on any atom is 0.0843 e. The normalized spacial score (nSPS) is 16.5. The number of benzene rings is 1. The molecule has 3 nitrogen and oxygen atoms in total. The number of aromatic nitrogens is 1. The number of nitrogens with one attached hydrogen (secondary N) is 1. The van der Waals surface area contributed by atoms with E-state index < -0.39 is 0 Å². The third-order valence-corrected chi connectivity index (χ3v) is 4.12. The van der Waals surface area contributed by atoms with Crippen LogP contribution in [0.1, 0.15) is 24.1 Å². The van der Waals surface area contributed by atoms with Gasteiger partial charge in [0, 0.05) is 23.1 Å². The Morgan fingerprint density at radius 1 is 1.26 bits per heavy atom. The number of rotatable bonds is 4. The molecule has 0 saturated carbocycles. The van der Waals surface area contributed by atoms with E-state index in [0.717, 1.165) is 6.42 Å². The first kappa shape index (κ1) is 12.7. The van der Waals surface area contributed by atoms with Crippen LogP contribution in [0.2, 0.25) is 0 Å². The number of aryl methyl sites for hydroxylation is 1. The lowest BCUT2D eigenvalue weighted by Gasteiger charge is -2.18. The lowest BCUT2D eigenvalue weighted by molar-refractivity contribution is 0.154. The van der Waals surface area contributed by atoms with Gasteiger partial charge >= 0.3 is 0 Å². The molecule has 1 heterocycles. The minimum Gasteiger partial charge on any atom is -0.390 e. The van der Waals surface area contributed by atoms with Gasteiger partial charge in [-0.25, -0.2) is 0 Å². The Morgan fingerprint density at radius 2 is 2.05 bits per heavy atom. The summed E-state index contributed by atoms with van der Waals surface area (Å²) in [5.74, 6) is 0. The van der Waals surface area contributed by atoms with Crippen LogP contribution in [0.5, 0.6) is 0 Å². The van der Waals surface area contributed by atoms with Crippen LogP contribution in [-0.4, -0.2) is 29.4 Å². The van der Waals surface area contributed by atoms with Crippen molar-refractivity contribution in [2.24, 2.45) is 0 Å². The molecule has 1 aromatic heterocycles. The summed E-state index contributed by atoms with van der Waals surface area (Å²) in [6.07, 6.45) is 4.57. The molecule has 2 aromatic rings. The fraction of sp³-hybridized carbons (Fsp3) is 0.500. The average molecular weight is 258 g/mol. The molecular formula is C16H22N2O. The number of aliphatic hydroxyl groups excluding tert-OH is 1. The van der Waals surface area contributed by atoms with E-state index >= 15 is 0 Å². The average Bonchev–Trinajstić information content (AvgIpc) is 2.75. The molecule has 0 unspecified atom stereocenters. The second-order valence-corrected chi connectivity index (χ2v) is 5.47. The van der Waals surface area contributed by atoms with Gasteiger partial charge in [-0.2, -0.15) is 0 Å². The lowest BCUT2D eigenvalue weighted by atomic mass is 9.95. The predicted molar refractivity (Wildman–Crippen MR) is 78.5 cm³/mol. The highest BCUT2D eigenvalue weighted by Crippen LogP contribution is 2.32. The van der Waals surface area contributed by atoms with Crippen LogP contribution in [0.25, 0.3) is 10.9 Å². The monoisotopic (exact) mass is 258 g/mol. The van der Waals surface area contributed by atoms with Gasteiger partial charge in [0.2, 0.25) is 0 Å². The zero-order valence-corrected chi connectivity index (χ0v) is 11.5. The number of fused-ring (bicyclic) bond motifs is 3. The van der Waals surface area contributed by atoms with Gasteiger partial charge in [-0.3, -0.25) is 0 Å². The molecule has 0 aliphatic heterocycles. The molecule has 102 valence electrons. The number of aliphatic hydroxyl groups is 1. The second-order valence-electron chi connectivity index (χ2n) is 5.47. The summed E-state index contributed by atoms with van der Waals surface area (Å²) >= 11 is 0. The molecular weight excluding hydrogens is 236 g/mol. The maximum atomic E-state index is 10.1. The van der Waals surface area contributed by atoms with Crippen molar-refractivity contribution in [2.75, 3.05) is 13.6 Å². The van der Waals surface area contributed by atoms with Crippen molar-refractivity contribution in [3.05, 3.63) is 35.5 Å². The van der Waals surface area contributed by atoms with Crippen molar-refractivity contribution in [3.8, 4) is 0 Å². The fourth-order valence-electron chi connectivity index (χ4n) is 3.31. The summed E-state index contributed by atoms with van der Waals surface area (Å²) in [6, 6.07) is 8.61. The molecule has 1 aliphatic carbocycles. The third-order valence-electron chi connectivity index (χ3n) is 4.12. The number of likely N-dealkylation sites (N-methyl/N-ethyl adjacent to an activating group) is 1. The summed E-state index contributed by atoms with van der Waals surface area (Å²) in [4.78, 5) is 0. The van der Waals surface area contributed by atoms with Gasteiger partial charge in [0.25, 0.3) is 0 Å². The molecule has 0 fully saturated rings. The SMILES string of the molecule is CNC[C@@H](O)Cn1c2c(c3ccccc31)CCCC2. The van der Waals surface area contributed by atoms with E-state index in [0.29, 0.717) is 13.1 Å². The second kappa shape index (κ2) is 5.35. The smallest absolute Gasteiger partial charge is 0.0843 e. The Bertz CT molecular complexity index is 573. The van der Waals surface area contributed by atoms with E-state index in [4.69, 9.17) is 0 Å². The number of nitrogens with zero attached hydrogens (tertiary/aromatic N) is 1. The highest BCUT2D eigenvalue weighted by molar-refractivity contribution is 5.85. The quantitative estimate of drug-likeness (QED) is 0.881. The molecule has 3 rings (SSSR count). The van der Waals surface area contributed by atoms with Gasteiger partial charge in [-0.05, 0) is 44.4 Å². The standard InChI is InChI=1S/C16H22N2O/c1-17-10-12(19)11-18-15-8-4-2-6-13(15)14-7-3-5-9-16(14)18/h2,4,6,8,12,17,19H,3,5,7,9-11H2,1H3/t12-/m1/s1. The molecule has 1 aromatic carbocycles. The Kier molecular flexibility index (Phi) is 3.58. The summed E-state index contributed by atoms with van der Waals surface area (Å²) in [6.45, 7) is 1.33. The minimum absolute atomic E-state index is 0.327. The highest BCUT2D eigenvalue weighted by Gasteiger charge is 2.20. The van der Waals surface area contributed by atoms with Gasteiger partial charge in [0.05, 0.1) is 12.6 Å². The molecule has 0 spiro atoms. The van der Waals surface area contributed by atoms with Gasteiger partial charge in [0.1, 0.15) is 0 Å². The van der Waals surface area contributed by atoms with Crippen LogP contribution in [0.4, 0.5) is 0 Å². The van der Waals surface area contributed by atoms with Crippen LogP contribution >= 0.6 is 0 Å². The van der Waals surface area contributed by atoms with Crippen molar-refractivity contribution in [3.63, 3.8) is 0 Å². The topological polar surface area (TPSA) is 37.2 Å². The van der Waals surface area contributed by atoms with Crippen LogP contribution < -0.4 is 5.32 Å². The molecule has 0 bridgehead atoms. The summed E-state index contributed by atoms with van der Waals surface area (Å²) < 4.78 is 2.34. The predicted octanol–water partition coefficient (Wildman–Crippen LogP) is 2.10. The van der Waals surface area contributed by atoms with Crippen molar-refractivity contribution >= 4 is 10.9 Å². The number of para-hydroxylation sites is 1. The highest BCUT2D eigenvalue weighted by atomic mass is 16.3. The van der Waals surface area contributed by atoms with Crippen molar-refractivity contribution < 1.29 is 5.11 Å². The van der Waals surface area contributed by atoms with Gasteiger partial charge in [-0.15, -0.1) is 0 Å². The van der Waals surface area contributed by atoms with E-state index in [2.05, 4.69) is 34.1 Å². The van der Waals surface area contributed by atoms with Gasteiger partial charge in [0.15, 0.2) is 0 Å². The van der Waals surface area contributed by atoms with Crippen LogP contribution in [0, 0.1) is 0 Å². The molecule has 0 amide bonds. The summed E-state index contributed by atoms with van der Waals surface area (Å²) in [5.41, 5.74) is 4.24. The first-order chi connectivity index (χ1) is 9.31. The van der Waals surface area contributed by atoms with E-state index in [1.165, 1.54) is 41.4 Å². The van der Waals surface area contributed by atoms with Crippen molar-refractivity contribution in [1.29, 1.82) is 0 Å². The Labute approximate surface area is 114 Å². The fourth-order valence-corrected chi connectivity index (χ4v) is 3.31. The van der Waals surface area contributed by atoms with Crippen LogP contribution in [-0.2, 0) is 19.4 Å². The molecule has 0 saturated heterocycles. The molecule has 1 aliphatic rings. The largest absolute Gasteiger partial charge is 0.390 e. The first-order valence-corrected chi connectivity index (χ1v) is 7.23. The van der Waals surface area contributed by atoms with E-state index in [9.17, 15) is 5.11 Å². The van der Waals surface area contributed by atoms with Gasteiger partial charge < -0.3 is 15.0 Å². The third kappa shape index (κ3) is 2.28. The minimum atomic E-state index is -0.327. The Morgan fingerprint density at radius 3 is 2.89 bits per heavy atom.